The molecule has 0 saturated heterocycles. The van der Waals surface area contributed by atoms with E-state index in [4.69, 9.17) is 5.11 Å². The van der Waals surface area contributed by atoms with E-state index in [0.29, 0.717) is 5.25 Å². The minimum atomic E-state index is -0.710. The molecule has 1 aromatic heterocycles. The summed E-state index contributed by atoms with van der Waals surface area (Å²) in [4.78, 5) is 11.9. The lowest BCUT2D eigenvalue weighted by Crippen LogP contribution is -2.42. The third-order valence-corrected chi connectivity index (χ3v) is 4.53. The Kier molecular flexibility index (Phi) is 2.96. The first-order chi connectivity index (χ1) is 8.74. The first-order valence-electron chi connectivity index (χ1n) is 6.03. The van der Waals surface area contributed by atoms with Gasteiger partial charge in [-0.25, -0.2) is 0 Å². The molecule has 1 aliphatic heterocycles. The number of hydrogen-bond donors (Lipinski definition) is 1. The zero-order chi connectivity index (χ0) is 12.5. The van der Waals surface area contributed by atoms with Gasteiger partial charge in [0, 0.05) is 17.9 Å². The van der Waals surface area contributed by atoms with E-state index in [1.54, 1.807) is 0 Å². The zero-order valence-corrected chi connectivity index (χ0v) is 10.7. The van der Waals surface area contributed by atoms with Gasteiger partial charge in [0.2, 0.25) is 5.52 Å². The Morgan fingerprint density at radius 3 is 3.06 bits per heavy atom. The lowest BCUT2D eigenvalue weighted by molar-refractivity contribution is -0.672. The molecule has 0 radical (unpaired) electrons. The molecule has 0 aliphatic carbocycles. The Labute approximate surface area is 109 Å². The van der Waals surface area contributed by atoms with Crippen LogP contribution in [0.1, 0.15) is 12.8 Å². The van der Waals surface area contributed by atoms with Crippen LogP contribution in [0.3, 0.4) is 0 Å². The molecule has 1 atom stereocenters. The Morgan fingerprint density at radius 2 is 2.22 bits per heavy atom. The number of carboxylic acid groups (broad SMARTS) is 1. The molecule has 2 aromatic rings. The Balaban J connectivity index is 1.93. The highest BCUT2D eigenvalue weighted by Gasteiger charge is 2.27. The summed E-state index contributed by atoms with van der Waals surface area (Å²) in [5.41, 5.74) is 1.27. The van der Waals surface area contributed by atoms with Crippen molar-refractivity contribution in [3.8, 4) is 0 Å². The number of carbonyl (C=O) groups is 1. The van der Waals surface area contributed by atoms with Crippen LogP contribution in [0.25, 0.3) is 10.9 Å². The fraction of sp³-hybridized carbons (Fsp3) is 0.286. The molecule has 1 unspecified atom stereocenters. The van der Waals surface area contributed by atoms with Gasteiger partial charge in [0.25, 0.3) is 0 Å². The van der Waals surface area contributed by atoms with Gasteiger partial charge >= 0.3 is 5.97 Å². The maximum Gasteiger partial charge on any atom is 0.303 e. The van der Waals surface area contributed by atoms with Gasteiger partial charge in [-0.15, -0.1) is 11.8 Å². The van der Waals surface area contributed by atoms with E-state index < -0.39 is 5.97 Å². The fourth-order valence-electron chi connectivity index (χ4n) is 2.42. The maximum atomic E-state index is 10.7. The molecule has 0 bridgehead atoms. The summed E-state index contributed by atoms with van der Waals surface area (Å²) in [5, 5.41) is 10.4. The second kappa shape index (κ2) is 4.61. The van der Waals surface area contributed by atoms with Gasteiger partial charge in [-0.05, 0) is 24.6 Å². The Morgan fingerprint density at radius 1 is 1.39 bits per heavy atom. The summed E-state index contributed by atoms with van der Waals surface area (Å²) in [6.45, 7) is 0.895. The minimum Gasteiger partial charge on any atom is -0.481 e. The zero-order valence-electron chi connectivity index (χ0n) is 9.87. The van der Waals surface area contributed by atoms with Crippen LogP contribution in [0.5, 0.6) is 0 Å². The van der Waals surface area contributed by atoms with Crippen molar-refractivity contribution in [1.82, 2.24) is 0 Å². The van der Waals surface area contributed by atoms with Gasteiger partial charge < -0.3 is 5.11 Å². The first-order valence-corrected chi connectivity index (χ1v) is 6.91. The standard InChI is InChI=1S/C14H13NO2S/c16-13(17)7-6-11-9-15-8-2-4-10-3-1-5-12(18-11)14(10)15/h1-5,8,11H,6-7,9H2/p+1. The highest BCUT2D eigenvalue weighted by Crippen LogP contribution is 2.34. The van der Waals surface area contributed by atoms with Crippen LogP contribution in [0, 0.1) is 0 Å². The molecule has 1 N–H and O–H groups in total. The van der Waals surface area contributed by atoms with Crippen molar-refractivity contribution in [1.29, 1.82) is 0 Å². The molecule has 18 heavy (non-hydrogen) atoms. The molecule has 3 nitrogen and oxygen atoms in total. The van der Waals surface area contributed by atoms with Crippen molar-refractivity contribution in [2.24, 2.45) is 0 Å². The highest BCUT2D eigenvalue weighted by atomic mass is 32.2. The van der Waals surface area contributed by atoms with E-state index in [9.17, 15) is 4.79 Å². The van der Waals surface area contributed by atoms with Crippen LogP contribution < -0.4 is 4.57 Å². The number of aliphatic carboxylic acids is 1. The summed E-state index contributed by atoms with van der Waals surface area (Å²) >= 11 is 1.81. The Hall–Kier alpha value is -1.55. The topological polar surface area (TPSA) is 41.2 Å². The number of benzene rings is 1. The summed E-state index contributed by atoms with van der Waals surface area (Å²) in [7, 11) is 0. The average molecular weight is 260 g/mol. The molecule has 1 aliphatic rings. The second-order valence-electron chi connectivity index (χ2n) is 4.53. The molecule has 0 amide bonds. The molecule has 0 saturated carbocycles. The predicted octanol–water partition coefficient (Wildman–Crippen LogP) is 2.47. The van der Waals surface area contributed by atoms with E-state index in [0.717, 1.165) is 13.0 Å². The second-order valence-corrected chi connectivity index (χ2v) is 5.87. The Bertz CT molecular complexity index is 571. The van der Waals surface area contributed by atoms with Crippen molar-refractivity contribution in [2.45, 2.75) is 29.5 Å². The molecule has 2 heterocycles. The quantitative estimate of drug-likeness (QED) is 0.862. The molecular formula is C14H14NO2S+. The first kappa shape index (κ1) is 11.5. The normalized spacial score (nSPS) is 17.9. The van der Waals surface area contributed by atoms with E-state index in [1.807, 2.05) is 11.8 Å². The largest absolute Gasteiger partial charge is 0.481 e. The van der Waals surface area contributed by atoms with E-state index in [2.05, 4.69) is 41.1 Å². The molecule has 4 heteroatoms. The summed E-state index contributed by atoms with van der Waals surface area (Å²) in [6, 6.07) is 10.5. The maximum absolute atomic E-state index is 10.7. The number of para-hydroxylation sites is 1. The van der Waals surface area contributed by atoms with Crippen LogP contribution in [0.4, 0.5) is 0 Å². The number of thioether (sulfide) groups is 1. The molecular weight excluding hydrogens is 246 g/mol. The third kappa shape index (κ3) is 2.08. The highest BCUT2D eigenvalue weighted by molar-refractivity contribution is 8.00. The van der Waals surface area contributed by atoms with Gasteiger partial charge in [0.05, 0.1) is 10.1 Å². The fourth-order valence-corrected chi connectivity index (χ4v) is 3.76. The summed E-state index contributed by atoms with van der Waals surface area (Å²) in [6.07, 6.45) is 3.05. The molecule has 0 spiro atoms. The van der Waals surface area contributed by atoms with Crippen molar-refractivity contribution >= 4 is 28.6 Å². The SMILES string of the molecule is O=C(O)CCC1C[n+]2cccc3cccc(c32)S1. The van der Waals surface area contributed by atoms with Crippen LogP contribution >= 0.6 is 11.8 Å². The molecule has 0 fully saturated rings. The van der Waals surface area contributed by atoms with Crippen LogP contribution in [-0.4, -0.2) is 16.3 Å². The molecule has 1 aromatic carbocycles. The van der Waals surface area contributed by atoms with Gasteiger partial charge in [-0.1, -0.05) is 6.07 Å². The van der Waals surface area contributed by atoms with E-state index >= 15 is 0 Å². The van der Waals surface area contributed by atoms with Crippen LogP contribution in [-0.2, 0) is 11.3 Å². The van der Waals surface area contributed by atoms with Crippen molar-refractivity contribution in [3.63, 3.8) is 0 Å². The average Bonchev–Trinajstić information content (AvgIpc) is 2.37. The number of carboxylic acids is 1. The van der Waals surface area contributed by atoms with Crippen LogP contribution in [0.15, 0.2) is 41.4 Å². The van der Waals surface area contributed by atoms with E-state index in [1.165, 1.54) is 15.8 Å². The predicted molar refractivity (Wildman–Crippen MR) is 70.7 cm³/mol. The van der Waals surface area contributed by atoms with Crippen molar-refractivity contribution < 1.29 is 14.5 Å². The summed E-state index contributed by atoms with van der Waals surface area (Å²) in [5.74, 6) is -0.710. The lowest BCUT2D eigenvalue weighted by Gasteiger charge is -2.19. The number of pyridine rings is 1. The van der Waals surface area contributed by atoms with Gasteiger partial charge in [-0.2, -0.15) is 4.57 Å². The van der Waals surface area contributed by atoms with E-state index in [-0.39, 0.29) is 6.42 Å². The number of rotatable bonds is 3. The third-order valence-electron chi connectivity index (χ3n) is 3.23. The number of nitrogens with zero attached hydrogens (tertiary/aromatic N) is 1. The minimum absolute atomic E-state index is 0.246. The van der Waals surface area contributed by atoms with Gasteiger partial charge in [-0.3, -0.25) is 4.79 Å². The van der Waals surface area contributed by atoms with Crippen molar-refractivity contribution in [2.75, 3.05) is 0 Å². The summed E-state index contributed by atoms with van der Waals surface area (Å²) < 4.78 is 2.24. The van der Waals surface area contributed by atoms with Gasteiger partial charge in [0.15, 0.2) is 12.7 Å². The number of aromatic nitrogens is 1. The lowest BCUT2D eigenvalue weighted by atomic mass is 10.2. The smallest absolute Gasteiger partial charge is 0.303 e. The molecule has 3 rings (SSSR count). The number of hydrogen-bond acceptors (Lipinski definition) is 2. The molecule has 92 valence electrons. The monoisotopic (exact) mass is 260 g/mol. The van der Waals surface area contributed by atoms with Crippen LogP contribution in [0.2, 0.25) is 0 Å². The van der Waals surface area contributed by atoms with Gasteiger partial charge in [0.1, 0.15) is 0 Å². The van der Waals surface area contributed by atoms with Crippen molar-refractivity contribution in [3.05, 3.63) is 36.5 Å².